The van der Waals surface area contributed by atoms with Gasteiger partial charge in [-0.25, -0.2) is 25.9 Å². The largest absolute Gasteiger partial charge is 0.343 e. The van der Waals surface area contributed by atoms with Crippen LogP contribution in [0.4, 0.5) is 4.39 Å². The van der Waals surface area contributed by atoms with Gasteiger partial charge in [0.2, 0.25) is 15.9 Å². The van der Waals surface area contributed by atoms with Gasteiger partial charge in [0.25, 0.3) is 0 Å². The lowest BCUT2D eigenvalue weighted by Crippen LogP contribution is -2.43. The Labute approximate surface area is 201 Å². The molecule has 1 aliphatic rings. The average molecular weight is 511 g/mol. The van der Waals surface area contributed by atoms with Crippen molar-refractivity contribution in [1.82, 2.24) is 9.62 Å². The van der Waals surface area contributed by atoms with Gasteiger partial charge < -0.3 is 4.90 Å². The lowest BCUT2D eigenvalue weighted by atomic mass is 9.87. The summed E-state index contributed by atoms with van der Waals surface area (Å²) in [6.45, 7) is 6.62. The van der Waals surface area contributed by atoms with Gasteiger partial charge in [0.15, 0.2) is 9.84 Å². The fourth-order valence-corrected chi connectivity index (χ4v) is 6.66. The second kappa shape index (κ2) is 10.1. The van der Waals surface area contributed by atoms with Gasteiger partial charge in [-0.2, -0.15) is 0 Å². The normalized spacial score (nSPS) is 15.9. The third-order valence-electron chi connectivity index (χ3n) is 6.04. The molecule has 1 fully saturated rings. The number of halogens is 1. The van der Waals surface area contributed by atoms with Gasteiger partial charge in [0, 0.05) is 26.1 Å². The zero-order valence-corrected chi connectivity index (χ0v) is 21.3. The molecule has 10 heteroatoms. The Balaban J connectivity index is 1.50. The molecule has 0 radical (unpaired) electrons. The van der Waals surface area contributed by atoms with Crippen LogP contribution in [-0.2, 0) is 30.1 Å². The Hall–Kier alpha value is -2.30. The number of sulfonamides is 1. The van der Waals surface area contributed by atoms with Gasteiger partial charge in [-0.3, -0.25) is 4.79 Å². The molecule has 0 aromatic heterocycles. The van der Waals surface area contributed by atoms with Crippen molar-refractivity contribution in [2.24, 2.45) is 0 Å². The molecule has 2 aromatic rings. The van der Waals surface area contributed by atoms with E-state index in [0.29, 0.717) is 0 Å². The van der Waals surface area contributed by atoms with Crippen LogP contribution in [0.15, 0.2) is 58.3 Å². The minimum atomic E-state index is -3.74. The highest BCUT2D eigenvalue weighted by molar-refractivity contribution is 7.92. The topological polar surface area (TPSA) is 101 Å². The number of hydrogen-bond donors (Lipinski definition) is 1. The van der Waals surface area contributed by atoms with Gasteiger partial charge in [-0.15, -0.1) is 0 Å². The van der Waals surface area contributed by atoms with Crippen molar-refractivity contribution in [1.29, 1.82) is 0 Å². The summed E-state index contributed by atoms with van der Waals surface area (Å²) in [4.78, 5) is 14.3. The summed E-state index contributed by atoms with van der Waals surface area (Å²) in [5, 5.41) is -0.642. The van der Waals surface area contributed by atoms with E-state index in [1.807, 2.05) is 20.8 Å². The lowest BCUT2D eigenvalue weighted by Gasteiger charge is -2.31. The molecule has 0 atom stereocenters. The summed E-state index contributed by atoms with van der Waals surface area (Å²) >= 11 is 0. The van der Waals surface area contributed by atoms with E-state index >= 15 is 0 Å². The van der Waals surface area contributed by atoms with Gasteiger partial charge in [-0.1, -0.05) is 32.9 Å². The second-order valence-corrected chi connectivity index (χ2v) is 13.5. The first-order valence-electron chi connectivity index (χ1n) is 11.2. The van der Waals surface area contributed by atoms with Gasteiger partial charge in [-0.05, 0) is 60.2 Å². The fourth-order valence-electron chi connectivity index (χ4n) is 3.90. The maximum absolute atomic E-state index is 13.1. The highest BCUT2D eigenvalue weighted by Crippen LogP contribution is 2.25. The van der Waals surface area contributed by atoms with E-state index < -0.39 is 30.9 Å². The monoisotopic (exact) mass is 510 g/mol. The molecule has 2 aromatic carbocycles. The molecule has 1 N–H and O–H groups in total. The van der Waals surface area contributed by atoms with Crippen LogP contribution in [0, 0.1) is 5.82 Å². The van der Waals surface area contributed by atoms with Gasteiger partial charge in [0.05, 0.1) is 15.0 Å². The van der Waals surface area contributed by atoms with Crippen molar-refractivity contribution >= 4 is 25.8 Å². The van der Waals surface area contributed by atoms with Crippen LogP contribution in [0.5, 0.6) is 0 Å². The first-order chi connectivity index (χ1) is 15.8. The molecule has 0 aliphatic carbocycles. The third-order valence-corrected chi connectivity index (χ3v) is 9.79. The van der Waals surface area contributed by atoms with E-state index in [0.717, 1.165) is 17.7 Å². The number of nitrogens with one attached hydrogen (secondary N) is 1. The standard InChI is InChI=1S/C24H31FN2O5S2/c1-24(2,3)18-4-8-22(9-5-18)34(31,32)26-15-12-23(28)27-16-13-21(14-17-27)33(29,30)20-10-6-19(25)7-11-20/h4-11,21,26H,12-17H2,1-3H3. The summed E-state index contributed by atoms with van der Waals surface area (Å²) in [7, 11) is -7.34. The number of likely N-dealkylation sites (tertiary alicyclic amines) is 1. The molecule has 1 amide bonds. The van der Waals surface area contributed by atoms with Crippen LogP contribution in [0.3, 0.4) is 0 Å². The first kappa shape index (κ1) is 26.3. The molecule has 3 rings (SSSR count). The van der Waals surface area contributed by atoms with Crippen LogP contribution in [0.25, 0.3) is 0 Å². The minimum absolute atomic E-state index is 0.0192. The van der Waals surface area contributed by atoms with Gasteiger partial charge in [0.1, 0.15) is 5.82 Å². The Morgan fingerprint density at radius 3 is 2.00 bits per heavy atom. The van der Waals surface area contributed by atoms with E-state index in [4.69, 9.17) is 0 Å². The molecule has 1 aliphatic heterocycles. The maximum atomic E-state index is 13.1. The SMILES string of the molecule is CC(C)(C)c1ccc(S(=O)(=O)NCCC(=O)N2CCC(S(=O)(=O)c3ccc(F)cc3)CC2)cc1. The predicted molar refractivity (Wildman–Crippen MR) is 128 cm³/mol. The van der Waals surface area contributed by atoms with Crippen molar-refractivity contribution < 1.29 is 26.0 Å². The van der Waals surface area contributed by atoms with Crippen molar-refractivity contribution in [3.63, 3.8) is 0 Å². The molecule has 7 nitrogen and oxygen atoms in total. The number of carbonyl (C=O) groups excluding carboxylic acids is 1. The van der Waals surface area contributed by atoms with E-state index in [9.17, 15) is 26.0 Å². The molecular weight excluding hydrogens is 479 g/mol. The Morgan fingerprint density at radius 1 is 0.941 bits per heavy atom. The Kier molecular flexibility index (Phi) is 7.84. The maximum Gasteiger partial charge on any atom is 0.240 e. The van der Waals surface area contributed by atoms with Crippen LogP contribution < -0.4 is 4.72 Å². The van der Waals surface area contributed by atoms with Crippen LogP contribution >= 0.6 is 0 Å². The second-order valence-electron chi connectivity index (χ2n) is 9.50. The summed E-state index contributed by atoms with van der Waals surface area (Å²) in [6, 6.07) is 11.4. The number of rotatable bonds is 7. The number of nitrogens with zero attached hydrogens (tertiary/aromatic N) is 1. The molecule has 1 saturated heterocycles. The quantitative estimate of drug-likeness (QED) is 0.577. The summed E-state index contributed by atoms with van der Waals surface area (Å²) in [5.41, 5.74) is 0.931. The predicted octanol–water partition coefficient (Wildman–Crippen LogP) is 3.26. The Morgan fingerprint density at radius 2 is 1.47 bits per heavy atom. The molecule has 0 bridgehead atoms. The summed E-state index contributed by atoms with van der Waals surface area (Å²) < 4.78 is 66.2. The molecule has 0 spiro atoms. The highest BCUT2D eigenvalue weighted by atomic mass is 32.2. The molecule has 0 unspecified atom stereocenters. The van der Waals surface area contributed by atoms with Crippen molar-refractivity contribution in [2.75, 3.05) is 19.6 Å². The highest BCUT2D eigenvalue weighted by Gasteiger charge is 2.32. The number of carbonyl (C=O) groups is 1. The van der Waals surface area contributed by atoms with Crippen molar-refractivity contribution in [3.05, 3.63) is 59.9 Å². The van der Waals surface area contributed by atoms with Gasteiger partial charge >= 0.3 is 0 Å². The Bertz CT molecular complexity index is 1210. The molecular formula is C24H31FN2O5S2. The van der Waals surface area contributed by atoms with E-state index in [1.54, 1.807) is 29.2 Å². The number of amides is 1. The van der Waals surface area contributed by atoms with E-state index in [2.05, 4.69) is 4.72 Å². The zero-order chi connectivity index (χ0) is 25.1. The number of benzene rings is 2. The number of hydrogen-bond acceptors (Lipinski definition) is 5. The lowest BCUT2D eigenvalue weighted by molar-refractivity contribution is -0.131. The molecule has 34 heavy (non-hydrogen) atoms. The molecule has 186 valence electrons. The number of sulfone groups is 1. The van der Waals surface area contributed by atoms with Crippen LogP contribution in [0.1, 0.15) is 45.6 Å². The third kappa shape index (κ3) is 6.22. The summed E-state index contributed by atoms with van der Waals surface area (Å²) in [5.74, 6) is -0.736. The van der Waals surface area contributed by atoms with E-state index in [1.165, 1.54) is 12.1 Å². The summed E-state index contributed by atoms with van der Waals surface area (Å²) in [6.07, 6.45) is 0.531. The smallest absolute Gasteiger partial charge is 0.240 e. The van der Waals surface area contributed by atoms with Crippen molar-refractivity contribution in [3.8, 4) is 0 Å². The average Bonchev–Trinajstić information content (AvgIpc) is 2.79. The number of piperidine rings is 1. The molecule has 1 heterocycles. The van der Waals surface area contributed by atoms with E-state index in [-0.39, 0.29) is 60.0 Å². The first-order valence-corrected chi connectivity index (χ1v) is 14.2. The van der Waals surface area contributed by atoms with Crippen LogP contribution in [-0.4, -0.2) is 52.5 Å². The zero-order valence-electron chi connectivity index (χ0n) is 19.6. The van der Waals surface area contributed by atoms with Crippen LogP contribution in [0.2, 0.25) is 0 Å². The minimum Gasteiger partial charge on any atom is -0.343 e. The van der Waals surface area contributed by atoms with Crippen molar-refractivity contribution in [2.45, 2.75) is 60.5 Å². The molecule has 0 saturated carbocycles. The fraction of sp³-hybridized carbons (Fsp3) is 0.458.